The zero-order chi connectivity index (χ0) is 18.9. The molecule has 0 bridgehead atoms. The van der Waals surface area contributed by atoms with Gasteiger partial charge in [-0.25, -0.2) is 8.42 Å². The lowest BCUT2D eigenvalue weighted by atomic mass is 10.1. The molecule has 0 aliphatic carbocycles. The number of hydrogen-bond donors (Lipinski definition) is 1. The number of non-ortho nitro benzene ring substituents is 1. The van der Waals surface area contributed by atoms with Crippen LogP contribution >= 0.6 is 11.6 Å². The lowest BCUT2D eigenvalue weighted by Crippen LogP contribution is -2.25. The molecule has 1 N–H and O–H groups in total. The highest BCUT2D eigenvalue weighted by molar-refractivity contribution is 7.93. The van der Waals surface area contributed by atoms with Crippen molar-refractivity contribution in [2.75, 3.05) is 21.9 Å². The number of carbonyl (C=O) groups excluding carboxylic acids is 1. The van der Waals surface area contributed by atoms with Crippen molar-refractivity contribution in [2.45, 2.75) is 6.42 Å². The van der Waals surface area contributed by atoms with Crippen LogP contribution in [0.25, 0.3) is 0 Å². The molecule has 2 aromatic carbocycles. The van der Waals surface area contributed by atoms with Crippen LogP contribution in [-0.2, 0) is 10.0 Å². The first kappa shape index (κ1) is 18.2. The Bertz CT molecular complexity index is 993. The maximum absolute atomic E-state index is 12.4. The van der Waals surface area contributed by atoms with E-state index in [1.54, 1.807) is 18.2 Å². The first-order chi connectivity index (χ1) is 12.3. The van der Waals surface area contributed by atoms with E-state index in [1.807, 2.05) is 0 Å². The van der Waals surface area contributed by atoms with Crippen LogP contribution in [0, 0.1) is 10.1 Å². The molecule has 1 saturated heterocycles. The Morgan fingerprint density at radius 3 is 2.65 bits per heavy atom. The second kappa shape index (κ2) is 6.93. The molecule has 0 saturated carbocycles. The van der Waals surface area contributed by atoms with Crippen molar-refractivity contribution in [3.63, 3.8) is 0 Å². The van der Waals surface area contributed by atoms with Gasteiger partial charge in [0.2, 0.25) is 10.0 Å². The van der Waals surface area contributed by atoms with E-state index < -0.39 is 20.9 Å². The first-order valence-electron chi connectivity index (χ1n) is 7.64. The van der Waals surface area contributed by atoms with Gasteiger partial charge < -0.3 is 5.32 Å². The second-order valence-corrected chi connectivity index (χ2v) is 8.09. The van der Waals surface area contributed by atoms with Crippen LogP contribution < -0.4 is 9.62 Å². The fourth-order valence-electron chi connectivity index (χ4n) is 2.67. The van der Waals surface area contributed by atoms with Gasteiger partial charge in [0.05, 0.1) is 26.9 Å². The van der Waals surface area contributed by atoms with E-state index in [0.29, 0.717) is 24.3 Å². The molecular formula is C16H14ClN3O5S. The van der Waals surface area contributed by atoms with Crippen molar-refractivity contribution in [2.24, 2.45) is 0 Å². The molecule has 10 heteroatoms. The van der Waals surface area contributed by atoms with Crippen LogP contribution in [0.3, 0.4) is 0 Å². The maximum atomic E-state index is 12.4. The number of nitro benzene ring substituents is 1. The number of nitro groups is 1. The van der Waals surface area contributed by atoms with Crippen molar-refractivity contribution in [1.82, 2.24) is 0 Å². The van der Waals surface area contributed by atoms with Crippen molar-refractivity contribution >= 4 is 44.6 Å². The molecule has 1 aliphatic heterocycles. The van der Waals surface area contributed by atoms with Crippen molar-refractivity contribution in [1.29, 1.82) is 0 Å². The number of benzene rings is 2. The fraction of sp³-hybridized carbons (Fsp3) is 0.188. The van der Waals surface area contributed by atoms with Gasteiger partial charge in [0, 0.05) is 24.4 Å². The number of amides is 1. The largest absolute Gasteiger partial charge is 0.322 e. The summed E-state index contributed by atoms with van der Waals surface area (Å²) in [6, 6.07) is 9.96. The molecular weight excluding hydrogens is 382 g/mol. The van der Waals surface area contributed by atoms with Crippen LogP contribution in [0.4, 0.5) is 17.1 Å². The minimum Gasteiger partial charge on any atom is -0.322 e. The van der Waals surface area contributed by atoms with Gasteiger partial charge in [-0.15, -0.1) is 0 Å². The summed E-state index contributed by atoms with van der Waals surface area (Å²) in [5, 5.41) is 13.5. The zero-order valence-electron chi connectivity index (χ0n) is 13.4. The third-order valence-electron chi connectivity index (χ3n) is 3.90. The van der Waals surface area contributed by atoms with Crippen LogP contribution in [-0.4, -0.2) is 31.5 Å². The predicted molar refractivity (Wildman–Crippen MR) is 98.3 cm³/mol. The number of hydrogen-bond acceptors (Lipinski definition) is 5. The van der Waals surface area contributed by atoms with E-state index in [0.717, 1.165) is 6.07 Å². The molecule has 3 rings (SSSR count). The molecule has 0 unspecified atom stereocenters. The highest BCUT2D eigenvalue weighted by atomic mass is 35.5. The Kier molecular flexibility index (Phi) is 4.84. The molecule has 26 heavy (non-hydrogen) atoms. The summed E-state index contributed by atoms with van der Waals surface area (Å²) >= 11 is 5.96. The molecule has 0 spiro atoms. The normalized spacial score (nSPS) is 15.7. The Balaban J connectivity index is 1.86. The number of sulfonamides is 1. The summed E-state index contributed by atoms with van der Waals surface area (Å²) in [6.45, 7) is 0.385. The number of nitrogens with zero attached hydrogens (tertiary/aromatic N) is 2. The molecule has 0 radical (unpaired) electrons. The Hall–Kier alpha value is -2.65. The lowest BCUT2D eigenvalue weighted by molar-refractivity contribution is -0.384. The monoisotopic (exact) mass is 395 g/mol. The lowest BCUT2D eigenvalue weighted by Gasteiger charge is -2.17. The molecule has 1 aliphatic rings. The quantitative estimate of drug-likeness (QED) is 0.632. The van der Waals surface area contributed by atoms with Gasteiger partial charge in [0.15, 0.2) is 0 Å². The fourth-order valence-corrected chi connectivity index (χ4v) is 4.43. The summed E-state index contributed by atoms with van der Waals surface area (Å²) in [4.78, 5) is 22.7. The Morgan fingerprint density at radius 1 is 1.23 bits per heavy atom. The predicted octanol–water partition coefficient (Wildman–Crippen LogP) is 3.04. The molecule has 1 amide bonds. The molecule has 1 fully saturated rings. The average Bonchev–Trinajstić information content (AvgIpc) is 2.94. The van der Waals surface area contributed by atoms with Crippen LogP contribution in [0.2, 0.25) is 5.02 Å². The zero-order valence-corrected chi connectivity index (χ0v) is 15.0. The van der Waals surface area contributed by atoms with Crippen LogP contribution in [0.5, 0.6) is 0 Å². The smallest absolute Gasteiger partial charge is 0.270 e. The SMILES string of the molecule is O=C(Nc1cccc(N2CCCS2(=O)=O)c1)c1cc([N+](=O)[O-])ccc1Cl. The van der Waals surface area contributed by atoms with Gasteiger partial charge in [0.25, 0.3) is 11.6 Å². The summed E-state index contributed by atoms with van der Waals surface area (Å²) in [5.74, 6) is -0.535. The van der Waals surface area contributed by atoms with Crippen LogP contribution in [0.15, 0.2) is 42.5 Å². The van der Waals surface area contributed by atoms with Gasteiger partial charge in [-0.05, 0) is 30.7 Å². The summed E-state index contributed by atoms with van der Waals surface area (Å²) in [7, 11) is -3.33. The highest BCUT2D eigenvalue weighted by Crippen LogP contribution is 2.27. The van der Waals surface area contributed by atoms with Gasteiger partial charge in [-0.3, -0.25) is 19.2 Å². The number of carbonyl (C=O) groups is 1. The van der Waals surface area contributed by atoms with E-state index in [4.69, 9.17) is 11.6 Å². The maximum Gasteiger partial charge on any atom is 0.270 e. The molecule has 1 heterocycles. The Labute approximate surface area is 154 Å². The summed E-state index contributed by atoms with van der Waals surface area (Å²) < 4.78 is 25.3. The minimum atomic E-state index is -3.33. The molecule has 2 aromatic rings. The minimum absolute atomic E-state index is 0.0416. The molecule has 136 valence electrons. The van der Waals surface area contributed by atoms with Crippen molar-refractivity contribution in [3.8, 4) is 0 Å². The topological polar surface area (TPSA) is 110 Å². The first-order valence-corrected chi connectivity index (χ1v) is 9.62. The van der Waals surface area contributed by atoms with Gasteiger partial charge >= 0.3 is 0 Å². The van der Waals surface area contributed by atoms with Gasteiger partial charge in [-0.2, -0.15) is 0 Å². The highest BCUT2D eigenvalue weighted by Gasteiger charge is 2.28. The number of nitrogens with one attached hydrogen (secondary N) is 1. The average molecular weight is 396 g/mol. The number of anilines is 2. The van der Waals surface area contributed by atoms with Crippen LogP contribution in [0.1, 0.15) is 16.8 Å². The Morgan fingerprint density at radius 2 is 2.00 bits per heavy atom. The number of rotatable bonds is 4. The molecule has 8 nitrogen and oxygen atoms in total. The van der Waals surface area contributed by atoms with Gasteiger partial charge in [-0.1, -0.05) is 17.7 Å². The molecule has 0 aromatic heterocycles. The van der Waals surface area contributed by atoms with Gasteiger partial charge in [0.1, 0.15) is 0 Å². The van der Waals surface area contributed by atoms with Crippen molar-refractivity contribution in [3.05, 3.63) is 63.2 Å². The van der Waals surface area contributed by atoms with E-state index in [1.165, 1.54) is 22.5 Å². The van der Waals surface area contributed by atoms with E-state index in [2.05, 4.69) is 5.32 Å². The third kappa shape index (κ3) is 3.63. The van der Waals surface area contributed by atoms with E-state index >= 15 is 0 Å². The molecule has 0 atom stereocenters. The number of halogens is 1. The second-order valence-electron chi connectivity index (χ2n) is 5.67. The summed E-state index contributed by atoms with van der Waals surface area (Å²) in [6.07, 6.45) is 0.544. The third-order valence-corrected chi connectivity index (χ3v) is 6.10. The van der Waals surface area contributed by atoms with E-state index in [9.17, 15) is 23.3 Å². The summed E-state index contributed by atoms with van der Waals surface area (Å²) in [5.41, 5.74) is 0.513. The van der Waals surface area contributed by atoms with E-state index in [-0.39, 0.29) is 22.0 Å². The van der Waals surface area contributed by atoms with Crippen molar-refractivity contribution < 1.29 is 18.1 Å². The standard InChI is InChI=1S/C16H14ClN3O5S/c17-15-6-5-13(20(22)23)10-14(15)16(21)18-11-3-1-4-12(9-11)19-7-2-8-26(19,24)25/h1,3-6,9-10H,2,7-8H2,(H,18,21).